The summed E-state index contributed by atoms with van der Waals surface area (Å²) in [7, 11) is 0. The maximum absolute atomic E-state index is 10.6. The summed E-state index contributed by atoms with van der Waals surface area (Å²) in [5.74, 6) is -0.879. The highest BCUT2D eigenvalue weighted by molar-refractivity contribution is 5.70. The first-order valence-electron chi connectivity index (χ1n) is 5.27. The number of carbonyl (C=O) groups is 1. The van der Waals surface area contributed by atoms with E-state index in [2.05, 4.69) is 15.2 Å². The highest BCUT2D eigenvalue weighted by Gasteiger charge is 2.11. The first-order chi connectivity index (χ1) is 8.08. The predicted molar refractivity (Wildman–Crippen MR) is 62.6 cm³/mol. The molecule has 88 valence electrons. The van der Waals surface area contributed by atoms with Crippen molar-refractivity contribution in [2.75, 3.05) is 0 Å². The molecule has 0 saturated carbocycles. The molecular weight excluding hydrogens is 218 g/mol. The van der Waals surface area contributed by atoms with Crippen molar-refractivity contribution in [3.8, 4) is 11.3 Å². The van der Waals surface area contributed by atoms with Gasteiger partial charge in [0.2, 0.25) is 0 Å². The number of hydrogen-bond donors (Lipinski definition) is 2. The van der Waals surface area contributed by atoms with E-state index in [9.17, 15) is 4.79 Å². The zero-order valence-corrected chi connectivity index (χ0v) is 9.69. The van der Waals surface area contributed by atoms with Gasteiger partial charge in [0.25, 0.3) is 0 Å². The van der Waals surface area contributed by atoms with Crippen molar-refractivity contribution in [2.45, 2.75) is 20.3 Å². The third-order valence-electron chi connectivity index (χ3n) is 2.52. The van der Waals surface area contributed by atoms with Crippen molar-refractivity contribution in [3.05, 3.63) is 35.3 Å². The van der Waals surface area contributed by atoms with Crippen LogP contribution in [0.1, 0.15) is 17.1 Å². The Kier molecular flexibility index (Phi) is 2.91. The van der Waals surface area contributed by atoms with E-state index in [-0.39, 0.29) is 6.42 Å². The van der Waals surface area contributed by atoms with Gasteiger partial charge in [-0.15, -0.1) is 0 Å². The lowest BCUT2D eigenvalue weighted by atomic mass is 10.1. The molecule has 0 aliphatic carbocycles. The number of aryl methyl sites for hydroxylation is 2. The molecule has 0 aliphatic rings. The van der Waals surface area contributed by atoms with Crippen molar-refractivity contribution >= 4 is 5.97 Å². The molecule has 17 heavy (non-hydrogen) atoms. The number of rotatable bonds is 3. The van der Waals surface area contributed by atoms with E-state index in [1.807, 2.05) is 26.0 Å². The molecule has 2 heterocycles. The fraction of sp³-hybridized carbons (Fsp3) is 0.250. The number of H-pyrrole nitrogens is 1. The number of aliphatic carboxylic acids is 1. The second-order valence-corrected chi connectivity index (χ2v) is 3.89. The molecule has 2 N–H and O–H groups in total. The standard InChI is InChI=1S/C12H13N3O2/c1-7-12(8(2)15-14-7)10-5-3-4-9(13-10)6-11(16)17/h3-5H,6H2,1-2H3,(H,14,15)(H,16,17). The van der Waals surface area contributed by atoms with Crippen molar-refractivity contribution < 1.29 is 9.90 Å². The lowest BCUT2D eigenvalue weighted by molar-refractivity contribution is -0.136. The zero-order valence-electron chi connectivity index (χ0n) is 9.69. The van der Waals surface area contributed by atoms with Crippen LogP contribution in [-0.2, 0) is 11.2 Å². The van der Waals surface area contributed by atoms with E-state index < -0.39 is 5.97 Å². The molecule has 0 fully saturated rings. The van der Waals surface area contributed by atoms with Gasteiger partial charge in [-0.2, -0.15) is 5.10 Å². The Bertz CT molecular complexity index is 541. The van der Waals surface area contributed by atoms with Gasteiger partial charge >= 0.3 is 5.97 Å². The SMILES string of the molecule is Cc1n[nH]c(C)c1-c1cccc(CC(=O)O)n1. The van der Waals surface area contributed by atoms with Crippen LogP contribution in [0.2, 0.25) is 0 Å². The largest absolute Gasteiger partial charge is 0.481 e. The summed E-state index contributed by atoms with van der Waals surface area (Å²) in [5.41, 5.74) is 4.05. The first kappa shape index (κ1) is 11.3. The minimum atomic E-state index is -0.879. The second-order valence-electron chi connectivity index (χ2n) is 3.89. The Morgan fingerprint density at radius 3 is 2.76 bits per heavy atom. The van der Waals surface area contributed by atoms with Crippen molar-refractivity contribution in [2.24, 2.45) is 0 Å². The third-order valence-corrected chi connectivity index (χ3v) is 2.52. The predicted octanol–water partition coefficient (Wildman–Crippen LogP) is 1.72. The number of carboxylic acids is 1. The van der Waals surface area contributed by atoms with E-state index in [0.29, 0.717) is 5.69 Å². The molecule has 0 unspecified atom stereocenters. The van der Waals surface area contributed by atoms with Crippen LogP contribution >= 0.6 is 0 Å². The summed E-state index contributed by atoms with van der Waals surface area (Å²) in [6, 6.07) is 5.38. The second kappa shape index (κ2) is 4.37. The molecule has 0 bridgehead atoms. The van der Waals surface area contributed by atoms with E-state index in [4.69, 9.17) is 5.11 Å². The van der Waals surface area contributed by atoms with Gasteiger partial charge in [-0.25, -0.2) is 0 Å². The lowest BCUT2D eigenvalue weighted by Crippen LogP contribution is -2.02. The molecular formula is C12H13N3O2. The Morgan fingerprint density at radius 1 is 1.41 bits per heavy atom. The maximum atomic E-state index is 10.6. The maximum Gasteiger partial charge on any atom is 0.309 e. The molecule has 2 aromatic rings. The van der Waals surface area contributed by atoms with E-state index in [1.165, 1.54) is 0 Å². The molecule has 5 heteroatoms. The van der Waals surface area contributed by atoms with Crippen LogP contribution in [0, 0.1) is 13.8 Å². The van der Waals surface area contributed by atoms with Crippen LogP contribution in [0.15, 0.2) is 18.2 Å². The average molecular weight is 231 g/mol. The number of nitrogens with zero attached hydrogens (tertiary/aromatic N) is 2. The number of nitrogens with one attached hydrogen (secondary N) is 1. The van der Waals surface area contributed by atoms with Gasteiger partial charge < -0.3 is 5.11 Å². The van der Waals surface area contributed by atoms with Crippen LogP contribution in [0.25, 0.3) is 11.3 Å². The molecule has 0 atom stereocenters. The normalized spacial score (nSPS) is 10.5. The van der Waals surface area contributed by atoms with E-state index in [1.54, 1.807) is 6.07 Å². The summed E-state index contributed by atoms with van der Waals surface area (Å²) >= 11 is 0. The van der Waals surface area contributed by atoms with Crippen molar-refractivity contribution in [3.63, 3.8) is 0 Å². The third kappa shape index (κ3) is 2.33. The van der Waals surface area contributed by atoms with Crippen LogP contribution in [-0.4, -0.2) is 26.3 Å². The lowest BCUT2D eigenvalue weighted by Gasteiger charge is -2.03. The molecule has 0 spiro atoms. The summed E-state index contributed by atoms with van der Waals surface area (Å²) in [6.45, 7) is 3.81. The summed E-state index contributed by atoms with van der Waals surface area (Å²) in [6.07, 6.45) is -0.0657. The monoisotopic (exact) mass is 231 g/mol. The van der Waals surface area contributed by atoms with Gasteiger partial charge in [-0.05, 0) is 26.0 Å². The highest BCUT2D eigenvalue weighted by atomic mass is 16.4. The molecule has 0 aliphatic heterocycles. The average Bonchev–Trinajstić information content (AvgIpc) is 2.58. The molecule has 0 amide bonds. The minimum absolute atomic E-state index is 0.0657. The summed E-state index contributed by atoms with van der Waals surface area (Å²) in [4.78, 5) is 15.0. The Hall–Kier alpha value is -2.17. The van der Waals surface area contributed by atoms with Crippen LogP contribution in [0.5, 0.6) is 0 Å². The number of pyridine rings is 1. The molecule has 0 radical (unpaired) electrons. The molecule has 2 aromatic heterocycles. The van der Waals surface area contributed by atoms with Gasteiger partial charge in [0.1, 0.15) is 0 Å². The van der Waals surface area contributed by atoms with Gasteiger partial charge in [0, 0.05) is 11.3 Å². The van der Waals surface area contributed by atoms with Crippen LogP contribution < -0.4 is 0 Å². The van der Waals surface area contributed by atoms with Gasteiger partial charge in [-0.3, -0.25) is 14.9 Å². The Balaban J connectivity index is 2.43. The molecule has 5 nitrogen and oxygen atoms in total. The highest BCUT2D eigenvalue weighted by Crippen LogP contribution is 2.23. The molecule has 0 aromatic carbocycles. The van der Waals surface area contributed by atoms with Crippen molar-refractivity contribution in [1.29, 1.82) is 0 Å². The summed E-state index contributed by atoms with van der Waals surface area (Å²) in [5, 5.41) is 15.7. The topological polar surface area (TPSA) is 78.9 Å². The van der Waals surface area contributed by atoms with Gasteiger partial charge in [0.15, 0.2) is 0 Å². The summed E-state index contributed by atoms with van der Waals surface area (Å²) < 4.78 is 0. The Labute approximate surface area is 98.5 Å². The van der Waals surface area contributed by atoms with E-state index in [0.717, 1.165) is 22.6 Å². The molecule has 2 rings (SSSR count). The minimum Gasteiger partial charge on any atom is -0.481 e. The number of carboxylic acid groups (broad SMARTS) is 1. The first-order valence-corrected chi connectivity index (χ1v) is 5.27. The van der Waals surface area contributed by atoms with Crippen molar-refractivity contribution in [1.82, 2.24) is 15.2 Å². The van der Waals surface area contributed by atoms with Gasteiger partial charge in [-0.1, -0.05) is 6.07 Å². The zero-order chi connectivity index (χ0) is 12.4. The number of aromatic amines is 1. The van der Waals surface area contributed by atoms with Crippen LogP contribution in [0.4, 0.5) is 0 Å². The van der Waals surface area contributed by atoms with Gasteiger partial charge in [0.05, 0.1) is 23.5 Å². The smallest absolute Gasteiger partial charge is 0.309 e. The quantitative estimate of drug-likeness (QED) is 0.842. The van der Waals surface area contributed by atoms with E-state index >= 15 is 0 Å². The van der Waals surface area contributed by atoms with Crippen LogP contribution in [0.3, 0.4) is 0 Å². The fourth-order valence-electron chi connectivity index (χ4n) is 1.80. The molecule has 0 saturated heterocycles. The Morgan fingerprint density at radius 2 is 2.18 bits per heavy atom. The number of aromatic nitrogens is 3. The fourth-order valence-corrected chi connectivity index (χ4v) is 1.80. The number of hydrogen-bond acceptors (Lipinski definition) is 3.